The lowest BCUT2D eigenvalue weighted by Crippen LogP contribution is -2.49. The van der Waals surface area contributed by atoms with Gasteiger partial charge in [0.05, 0.1) is 6.61 Å². The largest absolute Gasteiger partial charge is 0.365 e. The zero-order valence-corrected chi connectivity index (χ0v) is 15.0. The van der Waals surface area contributed by atoms with Crippen LogP contribution in [0.4, 0.5) is 0 Å². The third kappa shape index (κ3) is 1.78. The summed E-state index contributed by atoms with van der Waals surface area (Å²) in [5, 5.41) is 10.7. The van der Waals surface area contributed by atoms with Gasteiger partial charge in [-0.2, -0.15) is 0 Å². The molecule has 3 nitrogen and oxygen atoms in total. The molecule has 0 radical (unpaired) electrons. The first kappa shape index (κ1) is 15.6. The molecule has 1 saturated heterocycles. The Morgan fingerprint density at radius 3 is 2.88 bits per heavy atom. The Morgan fingerprint density at radius 1 is 1.21 bits per heavy atom. The zero-order chi connectivity index (χ0) is 16.7. The minimum Gasteiger partial charge on any atom is -0.365 e. The van der Waals surface area contributed by atoms with Gasteiger partial charge in [0.2, 0.25) is 0 Å². The Morgan fingerprint density at radius 2 is 2.04 bits per heavy atom. The minimum atomic E-state index is -0.932. The van der Waals surface area contributed by atoms with Gasteiger partial charge in [-0.15, -0.1) is 0 Å². The molecule has 24 heavy (non-hydrogen) atoms. The van der Waals surface area contributed by atoms with Crippen LogP contribution in [0.5, 0.6) is 0 Å². The Balaban J connectivity index is 1.53. The van der Waals surface area contributed by atoms with Crippen molar-refractivity contribution in [3.05, 3.63) is 11.6 Å². The summed E-state index contributed by atoms with van der Waals surface area (Å²) >= 11 is 0. The first-order valence-electron chi connectivity index (χ1n) is 9.95. The highest BCUT2D eigenvalue weighted by Crippen LogP contribution is 2.68. The highest BCUT2D eigenvalue weighted by Gasteiger charge is 2.65. The number of ketones is 1. The van der Waals surface area contributed by atoms with Crippen molar-refractivity contribution >= 4 is 5.78 Å². The number of Topliss-reactive ketones (excluding diaryl/α,β-unsaturated/α-hetero) is 1. The maximum absolute atomic E-state index is 12.0. The summed E-state index contributed by atoms with van der Waals surface area (Å²) in [6, 6.07) is 0. The van der Waals surface area contributed by atoms with E-state index in [9.17, 15) is 9.90 Å². The molecule has 0 aromatic carbocycles. The molecule has 7 atom stereocenters. The van der Waals surface area contributed by atoms with E-state index in [2.05, 4.69) is 13.0 Å². The summed E-state index contributed by atoms with van der Waals surface area (Å²) in [6.07, 6.45) is 11.0. The summed E-state index contributed by atoms with van der Waals surface area (Å²) in [6.45, 7) is 5.04. The Kier molecular flexibility index (Phi) is 3.07. The van der Waals surface area contributed by atoms with E-state index in [0.717, 1.165) is 38.7 Å². The van der Waals surface area contributed by atoms with E-state index in [1.165, 1.54) is 19.3 Å². The summed E-state index contributed by atoms with van der Waals surface area (Å²) < 4.78 is 5.87. The quantitative estimate of drug-likeness (QED) is 0.686. The zero-order valence-electron chi connectivity index (χ0n) is 15.0. The topological polar surface area (TPSA) is 46.5 Å². The van der Waals surface area contributed by atoms with Gasteiger partial charge in [0, 0.05) is 24.2 Å². The minimum absolute atomic E-state index is 0.172. The van der Waals surface area contributed by atoms with E-state index >= 15 is 0 Å². The Hall–Kier alpha value is -0.670. The molecule has 4 aliphatic carbocycles. The van der Waals surface area contributed by atoms with E-state index < -0.39 is 5.79 Å². The second-order valence-corrected chi connectivity index (χ2v) is 9.72. The van der Waals surface area contributed by atoms with E-state index in [-0.39, 0.29) is 10.8 Å². The van der Waals surface area contributed by atoms with Crippen LogP contribution in [0.2, 0.25) is 0 Å². The molecule has 1 heterocycles. The van der Waals surface area contributed by atoms with Crippen molar-refractivity contribution in [2.75, 3.05) is 6.61 Å². The first-order valence-corrected chi connectivity index (χ1v) is 9.95. The molecule has 0 aromatic heterocycles. The fraction of sp³-hybridized carbons (Fsp3) is 0.857. The van der Waals surface area contributed by atoms with Crippen molar-refractivity contribution in [3.8, 4) is 0 Å². The van der Waals surface area contributed by atoms with Crippen molar-refractivity contribution < 1.29 is 14.6 Å². The van der Waals surface area contributed by atoms with Gasteiger partial charge >= 0.3 is 0 Å². The number of rotatable bonds is 0. The highest BCUT2D eigenvalue weighted by atomic mass is 16.6. The standard InChI is InChI=1S/C21H30O3/c1-19-9-7-14(22)11-13(19)3-4-15-16(19)8-10-21-12-24-20(2,23)18(21)6-5-17(15)21/h8,13,15,17-18,23H,3-7,9-12H2,1-2H3/t13-,15+,17+,18+,19-,20-,21+/m0/s1. The van der Waals surface area contributed by atoms with Crippen molar-refractivity contribution in [2.45, 2.75) is 71.0 Å². The molecule has 132 valence electrons. The molecular weight excluding hydrogens is 300 g/mol. The average Bonchev–Trinajstić information content (AvgIpc) is 3.04. The van der Waals surface area contributed by atoms with Crippen LogP contribution in [-0.2, 0) is 9.53 Å². The third-order valence-electron chi connectivity index (χ3n) is 8.85. The predicted molar refractivity (Wildman–Crippen MR) is 91.1 cm³/mol. The number of fused-ring (bicyclic) bond motifs is 4. The van der Waals surface area contributed by atoms with E-state index in [4.69, 9.17) is 4.74 Å². The molecule has 0 bridgehead atoms. The molecule has 5 rings (SSSR count). The third-order valence-corrected chi connectivity index (χ3v) is 8.85. The van der Waals surface area contributed by atoms with Gasteiger partial charge in [-0.05, 0) is 68.6 Å². The fourth-order valence-electron chi connectivity index (χ4n) is 7.59. The highest BCUT2D eigenvalue weighted by molar-refractivity contribution is 5.80. The average molecular weight is 330 g/mol. The van der Waals surface area contributed by atoms with E-state index in [0.29, 0.717) is 29.5 Å². The number of hydrogen-bond donors (Lipinski definition) is 1. The number of hydrogen-bond acceptors (Lipinski definition) is 3. The summed E-state index contributed by atoms with van der Waals surface area (Å²) in [5.41, 5.74) is 2.10. The normalized spacial score (nSPS) is 56.1. The van der Waals surface area contributed by atoms with Crippen LogP contribution in [-0.4, -0.2) is 23.3 Å². The smallest absolute Gasteiger partial charge is 0.166 e. The number of carbonyl (C=O) groups is 1. The molecule has 5 aliphatic rings. The Bertz CT molecular complexity index is 621. The van der Waals surface area contributed by atoms with Crippen LogP contribution in [0.25, 0.3) is 0 Å². The molecular formula is C21H30O3. The lowest BCUT2D eigenvalue weighted by Gasteiger charge is -2.55. The molecule has 1 spiro atoms. The van der Waals surface area contributed by atoms with Gasteiger partial charge < -0.3 is 9.84 Å². The fourth-order valence-corrected chi connectivity index (χ4v) is 7.59. The molecule has 3 saturated carbocycles. The lowest BCUT2D eigenvalue weighted by atomic mass is 9.48. The lowest BCUT2D eigenvalue weighted by molar-refractivity contribution is -0.180. The van der Waals surface area contributed by atoms with Crippen molar-refractivity contribution in [3.63, 3.8) is 0 Å². The predicted octanol–water partition coefficient (Wildman–Crippen LogP) is 3.85. The van der Waals surface area contributed by atoms with Gasteiger partial charge in [0.25, 0.3) is 0 Å². The molecule has 0 amide bonds. The second-order valence-electron chi connectivity index (χ2n) is 9.72. The van der Waals surface area contributed by atoms with Crippen LogP contribution in [0, 0.1) is 34.5 Å². The van der Waals surface area contributed by atoms with Crippen LogP contribution in [0.1, 0.15) is 65.2 Å². The number of ether oxygens (including phenoxy) is 1. The van der Waals surface area contributed by atoms with Crippen molar-refractivity contribution in [1.82, 2.24) is 0 Å². The molecule has 0 unspecified atom stereocenters. The SMILES string of the molecule is C[C@]1(O)OC[C@]23CC=C4[C@@H](CC[C@H]5CC(=O)CC[C@]45C)[C@H]2CC[C@@H]31. The van der Waals surface area contributed by atoms with Gasteiger partial charge in [0.1, 0.15) is 5.78 Å². The van der Waals surface area contributed by atoms with Crippen LogP contribution in [0.15, 0.2) is 11.6 Å². The van der Waals surface area contributed by atoms with Crippen molar-refractivity contribution in [1.29, 1.82) is 0 Å². The van der Waals surface area contributed by atoms with Gasteiger partial charge in [0.15, 0.2) is 5.79 Å². The number of aliphatic hydroxyl groups is 1. The number of carbonyl (C=O) groups excluding carboxylic acids is 1. The maximum Gasteiger partial charge on any atom is 0.166 e. The molecule has 4 fully saturated rings. The van der Waals surface area contributed by atoms with E-state index in [1.54, 1.807) is 5.57 Å². The van der Waals surface area contributed by atoms with Gasteiger partial charge in [-0.1, -0.05) is 18.6 Å². The monoisotopic (exact) mass is 330 g/mol. The first-order chi connectivity index (χ1) is 11.4. The Labute approximate surface area is 144 Å². The molecule has 3 heteroatoms. The van der Waals surface area contributed by atoms with E-state index in [1.807, 2.05) is 6.92 Å². The number of allylic oxidation sites excluding steroid dienone is 2. The second kappa shape index (κ2) is 4.73. The van der Waals surface area contributed by atoms with Crippen LogP contribution < -0.4 is 0 Å². The van der Waals surface area contributed by atoms with Crippen molar-refractivity contribution in [2.24, 2.45) is 34.5 Å². The van der Waals surface area contributed by atoms with Gasteiger partial charge in [-0.25, -0.2) is 0 Å². The van der Waals surface area contributed by atoms with Gasteiger partial charge in [-0.3, -0.25) is 4.79 Å². The van der Waals surface area contributed by atoms with Crippen LogP contribution >= 0.6 is 0 Å². The summed E-state index contributed by atoms with van der Waals surface area (Å²) in [4.78, 5) is 12.0. The molecule has 0 aromatic rings. The van der Waals surface area contributed by atoms with Crippen LogP contribution in [0.3, 0.4) is 0 Å². The molecule has 1 aliphatic heterocycles. The molecule has 1 N–H and O–H groups in total. The summed E-state index contributed by atoms with van der Waals surface area (Å²) in [5.74, 6) is 1.74. The maximum atomic E-state index is 12.0. The summed E-state index contributed by atoms with van der Waals surface area (Å²) in [7, 11) is 0.